The molecule has 17 heavy (non-hydrogen) atoms. The second kappa shape index (κ2) is 11.9. The predicted octanol–water partition coefficient (Wildman–Crippen LogP) is -1.69. The molecule has 101 valence electrons. The van der Waals surface area contributed by atoms with E-state index < -0.39 is 24.4 Å². The van der Waals surface area contributed by atoms with Crippen molar-refractivity contribution < 1.29 is 28.4 Å². The number of methoxy groups -OCH3 is 2. The van der Waals surface area contributed by atoms with E-state index in [0.717, 1.165) is 0 Å². The monoisotopic (exact) mass is 291 g/mol. The van der Waals surface area contributed by atoms with Crippen LogP contribution < -0.4 is 11.5 Å². The molecule has 8 nitrogen and oxygen atoms in total. The zero-order chi connectivity index (χ0) is 11.8. The first-order chi connectivity index (χ1) is 7.02. The molecule has 0 fully saturated rings. The number of primary amides is 2. The fraction of sp³-hybridized carbons (Fsp3) is 0.667. The highest BCUT2D eigenvalue weighted by Crippen LogP contribution is 1.94. The number of amides is 2. The zero-order valence-corrected chi connectivity index (χ0v) is 10.8. The van der Waals surface area contributed by atoms with E-state index in [4.69, 9.17) is 11.5 Å². The number of ether oxygens (including phenoxy) is 2. The van der Waals surface area contributed by atoms with Crippen LogP contribution >= 0.6 is 24.8 Å². The van der Waals surface area contributed by atoms with Crippen molar-refractivity contribution in [3.05, 3.63) is 0 Å². The van der Waals surface area contributed by atoms with Crippen molar-refractivity contribution in [2.24, 2.45) is 11.5 Å². The van der Waals surface area contributed by atoms with Crippen LogP contribution in [0.3, 0.4) is 0 Å². The molecule has 0 rings (SSSR count). The lowest BCUT2D eigenvalue weighted by Gasteiger charge is -2.14. The van der Waals surface area contributed by atoms with Crippen molar-refractivity contribution >= 4 is 44.3 Å². The number of nitrogens with two attached hydrogens (primary N) is 2. The van der Waals surface area contributed by atoms with Gasteiger partial charge in [-0.05, 0) is 0 Å². The average Bonchev–Trinajstić information content (AvgIpc) is 2.17. The van der Waals surface area contributed by atoms with Crippen molar-refractivity contribution in [1.29, 1.82) is 0 Å². The van der Waals surface area contributed by atoms with Gasteiger partial charge in [0.1, 0.15) is 0 Å². The Bertz CT molecular complexity index is 213. The fourth-order valence-corrected chi connectivity index (χ4v) is 0.611. The third kappa shape index (κ3) is 9.16. The second-order valence-electron chi connectivity index (χ2n) is 2.31. The van der Waals surface area contributed by atoms with E-state index in [2.05, 4.69) is 18.8 Å². The van der Waals surface area contributed by atoms with Crippen molar-refractivity contribution in [2.75, 3.05) is 14.2 Å². The summed E-state index contributed by atoms with van der Waals surface area (Å²) in [7, 11) is 3.12. The van der Waals surface area contributed by atoms with Gasteiger partial charge in [0.15, 0.2) is 0 Å². The molecular formula is C6H14BCl2N2O6. The molecule has 0 heterocycles. The molecule has 0 aliphatic heterocycles. The first-order valence-electron chi connectivity index (χ1n) is 3.79. The van der Waals surface area contributed by atoms with Gasteiger partial charge in [-0.2, -0.15) is 0 Å². The largest absolute Gasteiger partial charge is 0.492 e. The maximum absolute atomic E-state index is 10.6. The van der Waals surface area contributed by atoms with Crippen molar-refractivity contribution in [2.45, 2.75) is 12.6 Å². The van der Waals surface area contributed by atoms with Crippen molar-refractivity contribution in [3.8, 4) is 0 Å². The Morgan fingerprint density at radius 1 is 0.941 bits per heavy atom. The summed E-state index contributed by atoms with van der Waals surface area (Å²) in [6, 6.07) is 0. The molecule has 0 aromatic carbocycles. The Kier molecular flexibility index (Phi) is 15.2. The van der Waals surface area contributed by atoms with Crippen LogP contribution in [0.2, 0.25) is 0 Å². The second-order valence-corrected chi connectivity index (χ2v) is 2.31. The van der Waals surface area contributed by atoms with E-state index in [-0.39, 0.29) is 24.8 Å². The number of carbonyl (C=O) groups is 2. The van der Waals surface area contributed by atoms with Crippen LogP contribution in [0.5, 0.6) is 0 Å². The van der Waals surface area contributed by atoms with Crippen LogP contribution in [0.25, 0.3) is 0 Å². The summed E-state index contributed by atoms with van der Waals surface area (Å²) < 4.78 is 18.3. The minimum absolute atomic E-state index is 0. The lowest BCUT2D eigenvalue weighted by atomic mass is 10.3. The van der Waals surface area contributed by atoms with E-state index in [1.807, 2.05) is 0 Å². The number of hydrogen-bond acceptors (Lipinski definition) is 6. The molecule has 0 aliphatic rings. The van der Waals surface area contributed by atoms with Gasteiger partial charge in [-0.1, -0.05) is 0 Å². The highest BCUT2D eigenvalue weighted by molar-refractivity contribution is 6.19. The lowest BCUT2D eigenvalue weighted by molar-refractivity contribution is -0.154. The molecule has 2 amide bonds. The molecule has 4 N–H and O–H groups in total. The number of rotatable bonds is 8. The van der Waals surface area contributed by atoms with Gasteiger partial charge >= 0.3 is 7.69 Å². The van der Waals surface area contributed by atoms with Crippen LogP contribution in [-0.2, 0) is 28.4 Å². The summed E-state index contributed by atoms with van der Waals surface area (Å²) in [5.74, 6) is -1.68. The number of halogens is 2. The van der Waals surface area contributed by atoms with E-state index in [1.165, 1.54) is 14.2 Å². The molecule has 0 aromatic heterocycles. The van der Waals surface area contributed by atoms with Gasteiger partial charge in [0.05, 0.1) is 0 Å². The Morgan fingerprint density at radius 2 is 1.24 bits per heavy atom. The molecule has 2 atom stereocenters. The van der Waals surface area contributed by atoms with Gasteiger partial charge in [0.25, 0.3) is 11.8 Å². The van der Waals surface area contributed by atoms with E-state index in [9.17, 15) is 9.59 Å². The average molecular weight is 292 g/mol. The van der Waals surface area contributed by atoms with Crippen LogP contribution in [0.15, 0.2) is 0 Å². The van der Waals surface area contributed by atoms with Crippen LogP contribution in [-0.4, -0.2) is 46.3 Å². The summed E-state index contributed by atoms with van der Waals surface area (Å²) in [5.41, 5.74) is 9.74. The molecule has 11 heteroatoms. The maximum atomic E-state index is 10.6. The highest BCUT2D eigenvalue weighted by atomic mass is 35.5. The van der Waals surface area contributed by atoms with Crippen LogP contribution in [0, 0.1) is 0 Å². The first-order valence-corrected chi connectivity index (χ1v) is 3.79. The summed E-state index contributed by atoms with van der Waals surface area (Å²) >= 11 is 0. The summed E-state index contributed by atoms with van der Waals surface area (Å²) in [6.07, 6.45) is -2.59. The fourth-order valence-electron chi connectivity index (χ4n) is 0.611. The molecule has 0 saturated carbocycles. The minimum atomic E-state index is -1.30. The highest BCUT2D eigenvalue weighted by Gasteiger charge is 2.20. The van der Waals surface area contributed by atoms with Crippen molar-refractivity contribution in [1.82, 2.24) is 0 Å². The Labute approximate surface area is 111 Å². The topological polar surface area (TPSA) is 123 Å². The molecule has 0 saturated heterocycles. The smallest absolute Gasteiger partial charge is 0.380 e. The zero-order valence-electron chi connectivity index (χ0n) is 9.15. The molecular weight excluding hydrogens is 278 g/mol. The van der Waals surface area contributed by atoms with Gasteiger partial charge < -0.3 is 30.2 Å². The predicted molar refractivity (Wildman–Crippen MR) is 62.4 cm³/mol. The van der Waals surface area contributed by atoms with Gasteiger partial charge in [-0.15, -0.1) is 24.8 Å². The third-order valence-electron chi connectivity index (χ3n) is 1.25. The lowest BCUT2D eigenvalue weighted by Crippen LogP contribution is -2.38. The number of hydrogen-bond donors (Lipinski definition) is 2. The molecule has 0 aromatic rings. The summed E-state index contributed by atoms with van der Waals surface area (Å²) in [4.78, 5) is 21.2. The third-order valence-corrected chi connectivity index (χ3v) is 1.25. The Morgan fingerprint density at radius 3 is 1.41 bits per heavy atom. The summed E-state index contributed by atoms with van der Waals surface area (Å²) in [6.45, 7) is 0. The molecule has 1 radical (unpaired) electrons. The quantitative estimate of drug-likeness (QED) is 0.406. The number of carbonyl (C=O) groups excluding carboxylic acids is 2. The van der Waals surface area contributed by atoms with Crippen molar-refractivity contribution in [3.63, 3.8) is 0 Å². The molecule has 2 unspecified atom stereocenters. The van der Waals surface area contributed by atoms with Crippen LogP contribution in [0.1, 0.15) is 0 Å². The van der Waals surface area contributed by atoms with Gasteiger partial charge in [-0.3, -0.25) is 9.59 Å². The Balaban J connectivity index is -0.000000980. The summed E-state index contributed by atoms with van der Waals surface area (Å²) in [5, 5.41) is 0. The molecule has 0 spiro atoms. The standard InChI is InChI=1S/C6H12BN2O6.2ClH/c1-12-5(3(8)10)14-7-15-6(13-2)4(9)11;;/h5-6H,1-2H3,(H2,8,10)(H2,9,11);2*1H. The maximum Gasteiger partial charge on any atom is 0.492 e. The van der Waals surface area contributed by atoms with E-state index in [1.54, 1.807) is 0 Å². The Hall–Kier alpha value is -0.575. The molecule has 0 aliphatic carbocycles. The van der Waals surface area contributed by atoms with Gasteiger partial charge in [-0.25, -0.2) is 0 Å². The van der Waals surface area contributed by atoms with E-state index >= 15 is 0 Å². The minimum Gasteiger partial charge on any atom is -0.380 e. The van der Waals surface area contributed by atoms with Crippen LogP contribution in [0.4, 0.5) is 0 Å². The first kappa shape index (κ1) is 21.7. The SMILES string of the molecule is COC(O[B]OC(OC)C(N)=O)C(N)=O.Cl.Cl. The normalized spacial score (nSPS) is 12.6. The molecule has 0 bridgehead atoms. The van der Waals surface area contributed by atoms with E-state index in [0.29, 0.717) is 7.69 Å². The van der Waals surface area contributed by atoms with Gasteiger partial charge in [0, 0.05) is 14.2 Å². The van der Waals surface area contributed by atoms with Gasteiger partial charge in [0.2, 0.25) is 12.6 Å².